The molecule has 0 fully saturated rings. The van der Waals surface area contributed by atoms with Crippen molar-refractivity contribution in [3.63, 3.8) is 0 Å². The van der Waals surface area contributed by atoms with Gasteiger partial charge >= 0.3 is 0 Å². The molecule has 1 aromatic rings. The highest BCUT2D eigenvalue weighted by molar-refractivity contribution is 7.80. The number of nitrogens with one attached hydrogen (secondary N) is 1. The van der Waals surface area contributed by atoms with Crippen molar-refractivity contribution in [3.8, 4) is 0 Å². The molecule has 0 bridgehead atoms. The number of benzene rings is 1. The SMILES string of the molecule is O=CNOCCCCC(S)c1ccccc1. The number of rotatable bonds is 8. The van der Waals surface area contributed by atoms with Gasteiger partial charge in [-0.15, -0.1) is 0 Å². The Balaban J connectivity index is 2.11. The van der Waals surface area contributed by atoms with Crippen molar-refractivity contribution in [2.45, 2.75) is 24.5 Å². The van der Waals surface area contributed by atoms with Gasteiger partial charge in [0.1, 0.15) is 0 Å². The van der Waals surface area contributed by atoms with Crippen LogP contribution in [-0.2, 0) is 9.63 Å². The molecule has 0 spiro atoms. The van der Waals surface area contributed by atoms with E-state index >= 15 is 0 Å². The number of unbranched alkanes of at least 4 members (excludes halogenated alkanes) is 1. The second-order valence-electron chi connectivity index (χ2n) is 3.51. The highest BCUT2D eigenvalue weighted by Gasteiger charge is 2.04. The Hall–Kier alpha value is -1.00. The molecule has 16 heavy (non-hydrogen) atoms. The van der Waals surface area contributed by atoms with E-state index in [4.69, 9.17) is 4.84 Å². The quantitative estimate of drug-likeness (QED) is 0.316. The summed E-state index contributed by atoms with van der Waals surface area (Å²) in [6, 6.07) is 10.2. The fourth-order valence-corrected chi connectivity index (χ4v) is 1.80. The summed E-state index contributed by atoms with van der Waals surface area (Å²) in [5.74, 6) is 0. The number of hydrogen-bond donors (Lipinski definition) is 2. The van der Waals surface area contributed by atoms with Crippen LogP contribution in [0.2, 0.25) is 0 Å². The van der Waals surface area contributed by atoms with Gasteiger partial charge in [-0.25, -0.2) is 5.48 Å². The first-order valence-corrected chi connectivity index (χ1v) is 5.90. The molecule has 1 amide bonds. The highest BCUT2D eigenvalue weighted by atomic mass is 32.1. The van der Waals surface area contributed by atoms with Crippen LogP contribution in [-0.4, -0.2) is 13.0 Å². The monoisotopic (exact) mass is 239 g/mol. The van der Waals surface area contributed by atoms with Crippen LogP contribution in [0.4, 0.5) is 0 Å². The molecule has 0 aliphatic carbocycles. The van der Waals surface area contributed by atoms with Gasteiger partial charge in [0, 0.05) is 5.25 Å². The Bertz CT molecular complexity index is 292. The number of thiol groups is 1. The van der Waals surface area contributed by atoms with E-state index in [2.05, 4.69) is 30.2 Å². The van der Waals surface area contributed by atoms with E-state index in [0.717, 1.165) is 19.3 Å². The van der Waals surface area contributed by atoms with Gasteiger partial charge in [-0.05, 0) is 24.8 Å². The van der Waals surface area contributed by atoms with Gasteiger partial charge < -0.3 is 0 Å². The molecular formula is C12H17NO2S. The molecule has 1 aromatic carbocycles. The van der Waals surface area contributed by atoms with Crippen molar-refractivity contribution in [2.24, 2.45) is 0 Å². The van der Waals surface area contributed by atoms with Crippen LogP contribution in [0.5, 0.6) is 0 Å². The summed E-state index contributed by atoms with van der Waals surface area (Å²) in [5.41, 5.74) is 3.42. The number of carbonyl (C=O) groups excluding carboxylic acids is 1. The molecule has 0 aromatic heterocycles. The first kappa shape index (κ1) is 13.1. The largest absolute Gasteiger partial charge is 0.277 e. The highest BCUT2D eigenvalue weighted by Crippen LogP contribution is 2.25. The molecule has 0 radical (unpaired) electrons. The van der Waals surface area contributed by atoms with E-state index in [-0.39, 0.29) is 5.25 Å². The minimum absolute atomic E-state index is 0.278. The van der Waals surface area contributed by atoms with E-state index < -0.39 is 0 Å². The number of carbonyl (C=O) groups is 1. The predicted octanol–water partition coefficient (Wildman–Crippen LogP) is 2.51. The standard InChI is InChI=1S/C12H17NO2S/c14-10-13-15-9-5-4-8-12(16)11-6-2-1-3-7-11/h1-3,6-7,10,12,16H,4-5,8-9H2,(H,13,14). The lowest BCUT2D eigenvalue weighted by Crippen LogP contribution is -2.12. The summed E-state index contributed by atoms with van der Waals surface area (Å²) >= 11 is 4.55. The zero-order valence-electron chi connectivity index (χ0n) is 9.13. The van der Waals surface area contributed by atoms with Gasteiger partial charge in [0.15, 0.2) is 0 Å². The van der Waals surface area contributed by atoms with Gasteiger partial charge in [-0.2, -0.15) is 12.6 Å². The number of hydroxylamine groups is 1. The number of hydrogen-bond acceptors (Lipinski definition) is 3. The minimum atomic E-state index is 0.278. The van der Waals surface area contributed by atoms with E-state index in [9.17, 15) is 4.79 Å². The molecule has 0 aliphatic rings. The second kappa shape index (κ2) is 8.19. The summed E-state index contributed by atoms with van der Waals surface area (Å²) in [4.78, 5) is 14.7. The average Bonchev–Trinajstić information content (AvgIpc) is 2.34. The van der Waals surface area contributed by atoms with Crippen LogP contribution in [0.3, 0.4) is 0 Å². The van der Waals surface area contributed by atoms with Crippen molar-refractivity contribution < 1.29 is 9.63 Å². The molecule has 1 N–H and O–H groups in total. The normalized spacial score (nSPS) is 12.1. The van der Waals surface area contributed by atoms with Crippen LogP contribution in [0.15, 0.2) is 30.3 Å². The van der Waals surface area contributed by atoms with E-state index in [1.54, 1.807) is 0 Å². The zero-order chi connectivity index (χ0) is 11.6. The third-order valence-electron chi connectivity index (χ3n) is 2.29. The minimum Gasteiger partial charge on any atom is -0.277 e. The van der Waals surface area contributed by atoms with Gasteiger partial charge in [-0.3, -0.25) is 9.63 Å². The Kier molecular flexibility index (Phi) is 6.69. The second-order valence-corrected chi connectivity index (χ2v) is 4.13. The first-order valence-electron chi connectivity index (χ1n) is 5.38. The fraction of sp³-hybridized carbons (Fsp3) is 0.417. The third kappa shape index (κ3) is 5.19. The van der Waals surface area contributed by atoms with Gasteiger partial charge in [0.25, 0.3) is 0 Å². The Morgan fingerprint density at radius 1 is 1.31 bits per heavy atom. The lowest BCUT2D eigenvalue weighted by molar-refractivity contribution is -0.120. The molecule has 3 nitrogen and oxygen atoms in total. The van der Waals surface area contributed by atoms with Crippen LogP contribution >= 0.6 is 12.6 Å². The molecule has 1 atom stereocenters. The molecule has 4 heteroatoms. The van der Waals surface area contributed by atoms with Crippen molar-refractivity contribution >= 4 is 19.0 Å². The van der Waals surface area contributed by atoms with E-state index in [1.807, 2.05) is 18.2 Å². The summed E-state index contributed by atoms with van der Waals surface area (Å²) < 4.78 is 0. The van der Waals surface area contributed by atoms with Crippen LogP contribution in [0, 0.1) is 0 Å². The average molecular weight is 239 g/mol. The molecule has 1 unspecified atom stereocenters. The van der Waals surface area contributed by atoms with E-state index in [0.29, 0.717) is 13.0 Å². The lowest BCUT2D eigenvalue weighted by atomic mass is 10.1. The molecule has 88 valence electrons. The molecule has 1 rings (SSSR count). The van der Waals surface area contributed by atoms with Crippen molar-refractivity contribution in [1.82, 2.24) is 5.48 Å². The van der Waals surface area contributed by atoms with Gasteiger partial charge in [0.2, 0.25) is 6.41 Å². The van der Waals surface area contributed by atoms with Crippen LogP contribution in [0.25, 0.3) is 0 Å². The van der Waals surface area contributed by atoms with Gasteiger partial charge in [0.05, 0.1) is 6.61 Å². The van der Waals surface area contributed by atoms with Crippen LogP contribution < -0.4 is 5.48 Å². The summed E-state index contributed by atoms with van der Waals surface area (Å²) in [5, 5.41) is 0.278. The first-order chi connectivity index (χ1) is 7.84. The van der Waals surface area contributed by atoms with Gasteiger partial charge in [-0.1, -0.05) is 30.3 Å². The fourth-order valence-electron chi connectivity index (χ4n) is 1.45. The smallest absolute Gasteiger partial charge is 0.230 e. The molecule has 0 aliphatic heterocycles. The maximum absolute atomic E-state index is 9.88. The lowest BCUT2D eigenvalue weighted by Gasteiger charge is -2.10. The Morgan fingerprint density at radius 2 is 2.06 bits per heavy atom. The maximum Gasteiger partial charge on any atom is 0.230 e. The molecular weight excluding hydrogens is 222 g/mol. The topological polar surface area (TPSA) is 38.3 Å². The molecule has 0 heterocycles. The van der Waals surface area contributed by atoms with Crippen molar-refractivity contribution in [2.75, 3.05) is 6.61 Å². The van der Waals surface area contributed by atoms with Crippen molar-refractivity contribution in [1.29, 1.82) is 0 Å². The molecule has 0 saturated carbocycles. The van der Waals surface area contributed by atoms with Crippen LogP contribution in [0.1, 0.15) is 30.1 Å². The summed E-state index contributed by atoms with van der Waals surface area (Å²) in [6.45, 7) is 0.550. The Labute approximate surface area is 102 Å². The maximum atomic E-state index is 9.88. The molecule has 0 saturated heterocycles. The van der Waals surface area contributed by atoms with Crippen molar-refractivity contribution in [3.05, 3.63) is 35.9 Å². The van der Waals surface area contributed by atoms with E-state index in [1.165, 1.54) is 5.56 Å². The summed E-state index contributed by atoms with van der Waals surface area (Å²) in [7, 11) is 0. The zero-order valence-corrected chi connectivity index (χ0v) is 10.0. The number of amides is 1. The Morgan fingerprint density at radius 3 is 2.75 bits per heavy atom. The summed E-state index contributed by atoms with van der Waals surface area (Å²) in [6.07, 6.45) is 3.50. The third-order valence-corrected chi connectivity index (χ3v) is 2.85. The predicted molar refractivity (Wildman–Crippen MR) is 67.2 cm³/mol.